The third kappa shape index (κ3) is 3.01. The maximum atomic E-state index is 13.4. The number of carbonyl (C=O) groups excluding carboxylic acids is 1. The Kier molecular flexibility index (Phi) is 3.69. The topological polar surface area (TPSA) is 78.4 Å². The van der Waals surface area contributed by atoms with E-state index < -0.39 is 23.4 Å². The Hall–Kier alpha value is -2.11. The molecule has 3 N–H and O–H groups in total. The molecule has 102 valence electrons. The molecule has 1 aliphatic carbocycles. The predicted molar refractivity (Wildman–Crippen MR) is 67.7 cm³/mol. The lowest BCUT2D eigenvalue weighted by molar-refractivity contribution is 0.0693. The van der Waals surface area contributed by atoms with E-state index in [1.54, 1.807) is 0 Å². The number of nitrogens with one attached hydrogen (secondary N) is 2. The molecule has 6 heteroatoms. The first-order chi connectivity index (χ1) is 8.97. The monoisotopic (exact) mass is 266 g/mol. The van der Waals surface area contributed by atoms with Crippen LogP contribution in [-0.2, 0) is 0 Å². The number of urea groups is 1. The van der Waals surface area contributed by atoms with Gasteiger partial charge in [0.2, 0.25) is 0 Å². The Morgan fingerprint density at radius 1 is 1.37 bits per heavy atom. The van der Waals surface area contributed by atoms with Gasteiger partial charge in [0.05, 0.1) is 5.69 Å². The van der Waals surface area contributed by atoms with Crippen molar-refractivity contribution >= 4 is 17.7 Å². The van der Waals surface area contributed by atoms with Crippen molar-refractivity contribution in [3.05, 3.63) is 29.6 Å². The lowest BCUT2D eigenvalue weighted by Crippen LogP contribution is -2.45. The second-order valence-electron chi connectivity index (χ2n) is 4.84. The van der Waals surface area contributed by atoms with E-state index in [2.05, 4.69) is 17.6 Å². The minimum absolute atomic E-state index is 0.0441. The Labute approximate surface area is 109 Å². The average Bonchev–Trinajstić information content (AvgIpc) is 2.26. The van der Waals surface area contributed by atoms with Gasteiger partial charge in [0.15, 0.2) is 0 Å². The maximum absolute atomic E-state index is 13.4. The summed E-state index contributed by atoms with van der Waals surface area (Å²) in [4.78, 5) is 22.6. The second kappa shape index (κ2) is 5.26. The molecule has 19 heavy (non-hydrogen) atoms. The quantitative estimate of drug-likeness (QED) is 0.786. The van der Waals surface area contributed by atoms with Crippen molar-refractivity contribution < 1.29 is 19.1 Å². The summed E-state index contributed by atoms with van der Waals surface area (Å²) in [5.41, 5.74) is -0.572. The van der Waals surface area contributed by atoms with E-state index in [1.807, 2.05) is 0 Å². The van der Waals surface area contributed by atoms with E-state index in [4.69, 9.17) is 5.11 Å². The summed E-state index contributed by atoms with van der Waals surface area (Å²) in [5.74, 6) is -1.69. The zero-order valence-electron chi connectivity index (χ0n) is 10.4. The van der Waals surface area contributed by atoms with Crippen LogP contribution in [0.15, 0.2) is 18.2 Å². The molecule has 0 heterocycles. The van der Waals surface area contributed by atoms with Crippen LogP contribution in [0.5, 0.6) is 0 Å². The van der Waals surface area contributed by atoms with Gasteiger partial charge in [-0.3, -0.25) is 0 Å². The molecule has 1 saturated carbocycles. The van der Waals surface area contributed by atoms with Crippen molar-refractivity contribution in [2.45, 2.75) is 25.8 Å². The third-order valence-corrected chi connectivity index (χ3v) is 3.18. The highest BCUT2D eigenvalue weighted by Crippen LogP contribution is 2.26. The van der Waals surface area contributed by atoms with Crippen LogP contribution in [0, 0.1) is 11.7 Å². The first kappa shape index (κ1) is 13.3. The van der Waals surface area contributed by atoms with Gasteiger partial charge in [-0.25, -0.2) is 14.0 Å². The highest BCUT2D eigenvalue weighted by atomic mass is 19.1. The molecule has 2 rings (SSSR count). The number of hydrogen-bond acceptors (Lipinski definition) is 2. The molecule has 0 unspecified atom stereocenters. The molecule has 1 aromatic carbocycles. The van der Waals surface area contributed by atoms with Gasteiger partial charge in [-0.05, 0) is 30.9 Å². The molecule has 0 spiro atoms. The van der Waals surface area contributed by atoms with Crippen LogP contribution in [0.25, 0.3) is 0 Å². The van der Waals surface area contributed by atoms with Gasteiger partial charge in [0.25, 0.3) is 0 Å². The number of carboxylic acids is 1. The van der Waals surface area contributed by atoms with Gasteiger partial charge in [0, 0.05) is 6.04 Å². The molecule has 0 bridgehead atoms. The standard InChI is InChI=1S/C13H15FN2O3/c1-7-5-8(6-7)15-13(19)16-10-4-2-3-9(14)11(10)12(17)18/h2-4,7-8H,5-6H2,1H3,(H,17,18)(H2,15,16,19). The summed E-state index contributed by atoms with van der Waals surface area (Å²) in [5, 5.41) is 14.0. The summed E-state index contributed by atoms with van der Waals surface area (Å²) in [6, 6.07) is 3.35. The third-order valence-electron chi connectivity index (χ3n) is 3.18. The van der Waals surface area contributed by atoms with Crippen LogP contribution in [0.3, 0.4) is 0 Å². The van der Waals surface area contributed by atoms with Gasteiger partial charge >= 0.3 is 12.0 Å². The molecule has 0 saturated heterocycles. The number of rotatable bonds is 3. The summed E-state index contributed by atoms with van der Waals surface area (Å²) < 4.78 is 13.4. The van der Waals surface area contributed by atoms with Gasteiger partial charge in [0.1, 0.15) is 11.4 Å². The van der Waals surface area contributed by atoms with Crippen LogP contribution in [-0.4, -0.2) is 23.1 Å². The van der Waals surface area contributed by atoms with Crippen molar-refractivity contribution in [2.75, 3.05) is 5.32 Å². The van der Waals surface area contributed by atoms with E-state index in [-0.39, 0.29) is 11.7 Å². The van der Waals surface area contributed by atoms with Gasteiger partial charge in [-0.15, -0.1) is 0 Å². The molecule has 0 radical (unpaired) electrons. The Morgan fingerprint density at radius 3 is 2.63 bits per heavy atom. The smallest absolute Gasteiger partial charge is 0.340 e. The zero-order chi connectivity index (χ0) is 14.0. The van der Waals surface area contributed by atoms with Crippen LogP contribution < -0.4 is 10.6 Å². The fourth-order valence-corrected chi connectivity index (χ4v) is 2.21. The number of anilines is 1. The highest BCUT2D eigenvalue weighted by molar-refractivity contribution is 6.00. The van der Waals surface area contributed by atoms with Crippen LogP contribution in [0.4, 0.5) is 14.9 Å². The van der Waals surface area contributed by atoms with Gasteiger partial charge in [-0.1, -0.05) is 13.0 Å². The highest BCUT2D eigenvalue weighted by Gasteiger charge is 2.27. The average molecular weight is 266 g/mol. The maximum Gasteiger partial charge on any atom is 0.340 e. The molecular formula is C13H15FN2O3. The van der Waals surface area contributed by atoms with Crippen LogP contribution in [0.1, 0.15) is 30.1 Å². The predicted octanol–water partition coefficient (Wildman–Crippen LogP) is 2.44. The molecule has 0 aliphatic heterocycles. The zero-order valence-corrected chi connectivity index (χ0v) is 10.4. The second-order valence-corrected chi connectivity index (χ2v) is 4.84. The van der Waals surface area contributed by atoms with E-state index >= 15 is 0 Å². The number of amides is 2. The van der Waals surface area contributed by atoms with Gasteiger partial charge < -0.3 is 15.7 Å². The molecule has 1 aromatic rings. The van der Waals surface area contributed by atoms with E-state index in [1.165, 1.54) is 12.1 Å². The van der Waals surface area contributed by atoms with Gasteiger partial charge in [-0.2, -0.15) is 0 Å². The number of carboxylic acid groups (broad SMARTS) is 1. The fourth-order valence-electron chi connectivity index (χ4n) is 2.21. The number of benzene rings is 1. The molecule has 0 atom stereocenters. The van der Waals surface area contributed by atoms with Crippen molar-refractivity contribution in [1.29, 1.82) is 0 Å². The lowest BCUT2D eigenvalue weighted by atomic mass is 9.82. The Morgan fingerprint density at radius 2 is 2.05 bits per heavy atom. The van der Waals surface area contributed by atoms with E-state index in [9.17, 15) is 14.0 Å². The van der Waals surface area contributed by atoms with Crippen molar-refractivity contribution in [1.82, 2.24) is 5.32 Å². The summed E-state index contributed by atoms with van der Waals surface area (Å²) in [6.45, 7) is 2.09. The molecule has 0 aromatic heterocycles. The first-order valence-electron chi connectivity index (χ1n) is 6.06. The number of aromatic carboxylic acids is 1. The van der Waals surface area contributed by atoms with Crippen molar-refractivity contribution in [2.24, 2.45) is 5.92 Å². The summed E-state index contributed by atoms with van der Waals surface area (Å²) in [7, 11) is 0. The normalized spacial score (nSPS) is 21.4. The molecule has 2 amide bonds. The first-order valence-corrected chi connectivity index (χ1v) is 6.06. The number of carbonyl (C=O) groups is 2. The Balaban J connectivity index is 2.04. The fraction of sp³-hybridized carbons (Fsp3) is 0.385. The summed E-state index contributed by atoms with van der Waals surface area (Å²) in [6.07, 6.45) is 1.81. The minimum atomic E-state index is -1.41. The van der Waals surface area contributed by atoms with Crippen LogP contribution >= 0.6 is 0 Å². The largest absolute Gasteiger partial charge is 0.478 e. The Bertz CT molecular complexity index is 513. The van der Waals surface area contributed by atoms with E-state index in [0.29, 0.717) is 5.92 Å². The molecular weight excluding hydrogens is 251 g/mol. The SMILES string of the molecule is CC1CC(NC(=O)Nc2cccc(F)c2C(=O)O)C1. The van der Waals surface area contributed by atoms with Crippen molar-refractivity contribution in [3.8, 4) is 0 Å². The molecule has 1 fully saturated rings. The number of hydrogen-bond donors (Lipinski definition) is 3. The van der Waals surface area contributed by atoms with E-state index in [0.717, 1.165) is 18.9 Å². The summed E-state index contributed by atoms with van der Waals surface area (Å²) >= 11 is 0. The number of halogens is 1. The lowest BCUT2D eigenvalue weighted by Gasteiger charge is -2.33. The minimum Gasteiger partial charge on any atom is -0.478 e. The molecule has 5 nitrogen and oxygen atoms in total. The van der Waals surface area contributed by atoms with Crippen molar-refractivity contribution in [3.63, 3.8) is 0 Å². The van der Waals surface area contributed by atoms with Crippen LogP contribution in [0.2, 0.25) is 0 Å². The molecule has 1 aliphatic rings.